The molecule has 4 rings (SSSR count). The second kappa shape index (κ2) is 6.17. The van der Waals surface area contributed by atoms with Gasteiger partial charge in [0.25, 0.3) is 0 Å². The molecular weight excluding hydrogens is 300 g/mol. The summed E-state index contributed by atoms with van der Waals surface area (Å²) >= 11 is 0. The Morgan fingerprint density at radius 2 is 1.71 bits per heavy atom. The Kier molecular flexibility index (Phi) is 3.72. The van der Waals surface area contributed by atoms with Crippen molar-refractivity contribution in [2.24, 2.45) is 0 Å². The third-order valence-electron chi connectivity index (χ3n) is 4.36. The number of benzene rings is 2. The molecule has 0 N–H and O–H groups in total. The van der Waals surface area contributed by atoms with E-state index in [-0.39, 0.29) is 0 Å². The molecule has 3 aromatic rings. The lowest BCUT2D eigenvalue weighted by Crippen LogP contribution is -2.15. The lowest BCUT2D eigenvalue weighted by Gasteiger charge is -2.25. The Morgan fingerprint density at radius 3 is 2.33 bits per heavy atom. The maximum Gasteiger partial charge on any atom is 0.186 e. The molecule has 1 fully saturated rings. The zero-order valence-electron chi connectivity index (χ0n) is 13.1. The second-order valence-corrected chi connectivity index (χ2v) is 5.88. The lowest BCUT2D eigenvalue weighted by atomic mass is 9.82. The van der Waals surface area contributed by atoms with E-state index in [9.17, 15) is 5.26 Å². The first-order valence-electron chi connectivity index (χ1n) is 8.04. The highest BCUT2D eigenvalue weighted by Gasteiger charge is 2.28. The normalized spacial score (nSPS) is 14.0. The third-order valence-corrected chi connectivity index (χ3v) is 4.36. The van der Waals surface area contributed by atoms with Gasteiger partial charge in [-0.25, -0.2) is 4.68 Å². The zero-order chi connectivity index (χ0) is 16.4. The van der Waals surface area contributed by atoms with Crippen LogP contribution in [-0.4, -0.2) is 15.0 Å². The highest BCUT2D eigenvalue weighted by molar-refractivity contribution is 5.42. The molecule has 0 atom stereocenters. The van der Waals surface area contributed by atoms with Crippen molar-refractivity contribution >= 4 is 0 Å². The summed E-state index contributed by atoms with van der Waals surface area (Å²) in [4.78, 5) is 0. The Hall–Kier alpha value is -3.13. The average molecular weight is 316 g/mol. The summed E-state index contributed by atoms with van der Waals surface area (Å²) in [5.74, 6) is 1.94. The zero-order valence-corrected chi connectivity index (χ0v) is 13.1. The molecular formula is C19H16N4O. The van der Waals surface area contributed by atoms with Crippen molar-refractivity contribution < 1.29 is 4.74 Å². The van der Waals surface area contributed by atoms with Crippen LogP contribution in [0.2, 0.25) is 0 Å². The Morgan fingerprint density at radius 1 is 1.00 bits per heavy atom. The van der Waals surface area contributed by atoms with Gasteiger partial charge >= 0.3 is 0 Å². The molecule has 5 heteroatoms. The molecule has 0 bridgehead atoms. The summed E-state index contributed by atoms with van der Waals surface area (Å²) in [5, 5.41) is 17.5. The second-order valence-electron chi connectivity index (χ2n) is 5.88. The molecule has 0 spiro atoms. The topological polar surface area (TPSA) is 63.7 Å². The minimum atomic E-state index is 0.384. The van der Waals surface area contributed by atoms with Gasteiger partial charge < -0.3 is 4.74 Å². The molecule has 0 radical (unpaired) electrons. The Labute approximate surface area is 140 Å². The SMILES string of the molecule is N#Cc1nnn(-c2ccc(Oc3ccccc3)cc2)c1C1CCC1. The van der Waals surface area contributed by atoms with E-state index < -0.39 is 0 Å². The van der Waals surface area contributed by atoms with Gasteiger partial charge in [0.15, 0.2) is 5.69 Å². The van der Waals surface area contributed by atoms with Crippen LogP contribution in [0.5, 0.6) is 11.5 Å². The fourth-order valence-corrected chi connectivity index (χ4v) is 2.89. The van der Waals surface area contributed by atoms with Gasteiger partial charge in [-0.15, -0.1) is 5.10 Å². The molecule has 1 saturated carbocycles. The standard InChI is InChI=1S/C19H16N4O/c20-13-18-19(14-5-4-6-14)23(22-21-18)15-9-11-17(12-10-15)24-16-7-2-1-3-8-16/h1-3,7-12,14H,4-6H2. The van der Waals surface area contributed by atoms with E-state index >= 15 is 0 Å². The van der Waals surface area contributed by atoms with Crippen LogP contribution >= 0.6 is 0 Å². The number of ether oxygens (including phenoxy) is 1. The fraction of sp³-hybridized carbons (Fsp3) is 0.211. The van der Waals surface area contributed by atoms with Crippen molar-refractivity contribution in [3.05, 3.63) is 66.0 Å². The van der Waals surface area contributed by atoms with E-state index in [1.807, 2.05) is 54.6 Å². The van der Waals surface area contributed by atoms with Gasteiger partial charge in [-0.05, 0) is 49.2 Å². The van der Waals surface area contributed by atoms with Crippen LogP contribution in [0, 0.1) is 11.3 Å². The minimum Gasteiger partial charge on any atom is -0.457 e. The number of hydrogen-bond donors (Lipinski definition) is 0. The summed E-state index contributed by atoms with van der Waals surface area (Å²) in [5.41, 5.74) is 2.26. The first-order chi connectivity index (χ1) is 11.8. The van der Waals surface area contributed by atoms with Crippen LogP contribution < -0.4 is 4.74 Å². The number of rotatable bonds is 4. The first kappa shape index (κ1) is 14.5. The highest BCUT2D eigenvalue weighted by atomic mass is 16.5. The number of hydrogen-bond acceptors (Lipinski definition) is 4. The highest BCUT2D eigenvalue weighted by Crippen LogP contribution is 2.38. The summed E-state index contributed by atoms with van der Waals surface area (Å²) in [6.07, 6.45) is 3.39. The van der Waals surface area contributed by atoms with Crippen molar-refractivity contribution in [2.45, 2.75) is 25.2 Å². The molecule has 24 heavy (non-hydrogen) atoms. The van der Waals surface area contributed by atoms with E-state index in [0.717, 1.165) is 35.7 Å². The number of para-hydroxylation sites is 1. The van der Waals surface area contributed by atoms with Crippen molar-refractivity contribution in [2.75, 3.05) is 0 Å². The quantitative estimate of drug-likeness (QED) is 0.723. The van der Waals surface area contributed by atoms with Crippen molar-refractivity contribution in [1.29, 1.82) is 5.26 Å². The van der Waals surface area contributed by atoms with E-state index in [2.05, 4.69) is 16.4 Å². The fourth-order valence-electron chi connectivity index (χ4n) is 2.89. The maximum atomic E-state index is 9.27. The summed E-state index contributed by atoms with van der Waals surface area (Å²) in [6, 6.07) is 19.5. The molecule has 1 aromatic heterocycles. The van der Waals surface area contributed by atoms with Crippen molar-refractivity contribution in [3.63, 3.8) is 0 Å². The van der Waals surface area contributed by atoms with Gasteiger partial charge in [0.2, 0.25) is 0 Å². The molecule has 1 aliphatic carbocycles. The molecule has 1 aliphatic rings. The van der Waals surface area contributed by atoms with Crippen molar-refractivity contribution in [1.82, 2.24) is 15.0 Å². The molecule has 0 amide bonds. The Balaban J connectivity index is 1.62. The molecule has 5 nitrogen and oxygen atoms in total. The minimum absolute atomic E-state index is 0.384. The summed E-state index contributed by atoms with van der Waals surface area (Å²) < 4.78 is 7.59. The number of nitrogens with zero attached hydrogens (tertiary/aromatic N) is 4. The van der Waals surface area contributed by atoms with Gasteiger partial charge in [-0.2, -0.15) is 5.26 Å². The van der Waals surface area contributed by atoms with Crippen molar-refractivity contribution in [3.8, 4) is 23.3 Å². The van der Waals surface area contributed by atoms with Crippen LogP contribution in [0.15, 0.2) is 54.6 Å². The monoisotopic (exact) mass is 316 g/mol. The molecule has 0 aliphatic heterocycles. The van der Waals surface area contributed by atoms with E-state index in [1.54, 1.807) is 4.68 Å². The third kappa shape index (κ3) is 2.63. The largest absolute Gasteiger partial charge is 0.457 e. The van der Waals surface area contributed by atoms with Crippen LogP contribution in [0.3, 0.4) is 0 Å². The molecule has 2 aromatic carbocycles. The molecule has 118 valence electrons. The average Bonchev–Trinajstić information content (AvgIpc) is 2.98. The first-order valence-corrected chi connectivity index (χ1v) is 8.04. The van der Waals surface area contributed by atoms with Crippen LogP contribution in [0.4, 0.5) is 0 Å². The number of aromatic nitrogens is 3. The molecule has 0 saturated heterocycles. The summed E-state index contributed by atoms with van der Waals surface area (Å²) in [6.45, 7) is 0. The van der Waals surface area contributed by atoms with Crippen LogP contribution in [0.25, 0.3) is 5.69 Å². The summed E-state index contributed by atoms with van der Waals surface area (Å²) in [7, 11) is 0. The van der Waals surface area contributed by atoms with Crippen LogP contribution in [0.1, 0.15) is 36.6 Å². The van der Waals surface area contributed by atoms with E-state index in [0.29, 0.717) is 11.6 Å². The van der Waals surface area contributed by atoms with E-state index in [1.165, 1.54) is 6.42 Å². The van der Waals surface area contributed by atoms with Gasteiger partial charge in [0.05, 0.1) is 11.4 Å². The smallest absolute Gasteiger partial charge is 0.186 e. The van der Waals surface area contributed by atoms with Crippen LogP contribution in [-0.2, 0) is 0 Å². The lowest BCUT2D eigenvalue weighted by molar-refractivity contribution is 0.402. The predicted molar refractivity (Wildman–Crippen MR) is 89.2 cm³/mol. The predicted octanol–water partition coefficient (Wildman–Crippen LogP) is 4.20. The maximum absolute atomic E-state index is 9.27. The molecule has 0 unspecified atom stereocenters. The van der Waals surface area contributed by atoms with Gasteiger partial charge in [0.1, 0.15) is 17.6 Å². The van der Waals surface area contributed by atoms with E-state index in [4.69, 9.17) is 4.74 Å². The van der Waals surface area contributed by atoms with Gasteiger partial charge in [-0.3, -0.25) is 0 Å². The van der Waals surface area contributed by atoms with Gasteiger partial charge in [-0.1, -0.05) is 29.8 Å². The van der Waals surface area contributed by atoms with Gasteiger partial charge in [0, 0.05) is 5.92 Å². The Bertz CT molecular complexity index is 874. The molecule has 1 heterocycles. The number of nitriles is 1.